The van der Waals surface area contributed by atoms with Crippen molar-refractivity contribution < 1.29 is 33.3 Å². The standard InChI is InChI=1S/C29H27FN6O6S/c1-15-8-18(26-22(9-15)35-25(40-3)13-33-26)28-36-21-10-19(30)23(11-24(21)43-28)42-16(2)14-41-29(39)34-17-4-5-20(32-12-17)27(38)31-6-7-37/h4-5,8-13,16,37H,6-7,14H2,1-3H3,(H,31,38)(H,34,39). The highest BCUT2D eigenvalue weighted by molar-refractivity contribution is 7.21. The SMILES string of the molecule is COc1cnc2c(-c3nc4cc(F)c(OC(C)COC(=O)Nc5ccc(C(=O)NCCO)nc5)cc4s3)cc(C)cc2n1. The quantitative estimate of drug-likeness (QED) is 0.207. The van der Waals surface area contributed by atoms with Crippen LogP contribution in [0.3, 0.4) is 0 Å². The third-order valence-electron chi connectivity index (χ3n) is 6.07. The fourth-order valence-electron chi connectivity index (χ4n) is 4.10. The van der Waals surface area contributed by atoms with Crippen LogP contribution < -0.4 is 20.1 Å². The van der Waals surface area contributed by atoms with Crippen LogP contribution in [-0.2, 0) is 4.74 Å². The summed E-state index contributed by atoms with van der Waals surface area (Å²) in [6.07, 6.45) is 1.39. The molecule has 0 aliphatic heterocycles. The number of rotatable bonds is 10. The summed E-state index contributed by atoms with van der Waals surface area (Å²) in [6, 6.07) is 9.64. The van der Waals surface area contributed by atoms with E-state index in [1.165, 1.54) is 42.8 Å². The van der Waals surface area contributed by atoms with Gasteiger partial charge in [0.1, 0.15) is 23.4 Å². The van der Waals surface area contributed by atoms with E-state index >= 15 is 0 Å². The predicted molar refractivity (Wildman–Crippen MR) is 158 cm³/mol. The van der Waals surface area contributed by atoms with Gasteiger partial charge in [-0.25, -0.2) is 29.1 Å². The molecule has 222 valence electrons. The van der Waals surface area contributed by atoms with E-state index < -0.39 is 23.9 Å². The van der Waals surface area contributed by atoms with Crippen molar-refractivity contribution >= 4 is 50.3 Å². The third kappa shape index (κ3) is 6.93. The molecule has 0 spiro atoms. The normalized spacial score (nSPS) is 11.7. The number of aliphatic hydroxyl groups excluding tert-OH is 1. The number of pyridine rings is 1. The topological polar surface area (TPSA) is 158 Å². The van der Waals surface area contributed by atoms with Gasteiger partial charge in [0.25, 0.3) is 5.91 Å². The Hall–Kier alpha value is -4.95. The summed E-state index contributed by atoms with van der Waals surface area (Å²) in [5, 5.41) is 14.4. The third-order valence-corrected chi connectivity index (χ3v) is 7.12. The summed E-state index contributed by atoms with van der Waals surface area (Å²) >= 11 is 1.37. The van der Waals surface area contributed by atoms with E-state index in [0.717, 1.165) is 11.1 Å². The van der Waals surface area contributed by atoms with Crippen molar-refractivity contribution in [2.75, 3.05) is 32.2 Å². The van der Waals surface area contributed by atoms with Crippen LogP contribution in [0.1, 0.15) is 23.0 Å². The Bertz CT molecular complexity index is 1800. The van der Waals surface area contributed by atoms with Gasteiger partial charge < -0.3 is 24.6 Å². The molecular weight excluding hydrogens is 579 g/mol. The van der Waals surface area contributed by atoms with E-state index in [2.05, 4.69) is 30.6 Å². The fourth-order valence-corrected chi connectivity index (χ4v) is 5.10. The number of anilines is 1. The molecule has 0 aliphatic carbocycles. The number of fused-ring (bicyclic) bond motifs is 2. The Morgan fingerprint density at radius 2 is 1.93 bits per heavy atom. The summed E-state index contributed by atoms with van der Waals surface area (Å²) in [5.74, 6) is -0.654. The van der Waals surface area contributed by atoms with Crippen molar-refractivity contribution in [1.29, 1.82) is 0 Å². The van der Waals surface area contributed by atoms with Gasteiger partial charge in [0.15, 0.2) is 11.6 Å². The van der Waals surface area contributed by atoms with Crippen LogP contribution in [-0.4, -0.2) is 70.0 Å². The number of aliphatic hydroxyl groups is 1. The maximum absolute atomic E-state index is 15.0. The van der Waals surface area contributed by atoms with Crippen molar-refractivity contribution in [3.63, 3.8) is 0 Å². The zero-order valence-corrected chi connectivity index (χ0v) is 24.2. The van der Waals surface area contributed by atoms with E-state index in [9.17, 15) is 14.0 Å². The molecule has 3 aromatic heterocycles. The highest BCUT2D eigenvalue weighted by Crippen LogP contribution is 2.37. The molecule has 0 saturated heterocycles. The number of amides is 2. The molecule has 0 fully saturated rings. The molecule has 5 rings (SSSR count). The Morgan fingerprint density at radius 1 is 1.09 bits per heavy atom. The van der Waals surface area contributed by atoms with E-state index in [1.807, 2.05) is 19.1 Å². The van der Waals surface area contributed by atoms with Gasteiger partial charge in [-0.2, -0.15) is 0 Å². The Labute approximate surface area is 248 Å². The van der Waals surface area contributed by atoms with Crippen LogP contribution >= 0.6 is 11.3 Å². The number of hydrogen-bond acceptors (Lipinski definition) is 11. The zero-order chi connectivity index (χ0) is 30.5. The van der Waals surface area contributed by atoms with Crippen LogP contribution in [0.25, 0.3) is 31.8 Å². The second-order valence-electron chi connectivity index (χ2n) is 9.43. The molecule has 3 N–H and O–H groups in total. The summed E-state index contributed by atoms with van der Waals surface area (Å²) in [7, 11) is 1.53. The van der Waals surface area contributed by atoms with Gasteiger partial charge in [0.2, 0.25) is 5.88 Å². The Morgan fingerprint density at radius 3 is 2.67 bits per heavy atom. The van der Waals surface area contributed by atoms with Crippen molar-refractivity contribution in [1.82, 2.24) is 25.3 Å². The van der Waals surface area contributed by atoms with Crippen molar-refractivity contribution in [2.45, 2.75) is 20.0 Å². The Balaban J connectivity index is 1.23. The van der Waals surface area contributed by atoms with Gasteiger partial charge in [-0.15, -0.1) is 11.3 Å². The lowest BCUT2D eigenvalue weighted by atomic mass is 10.1. The number of benzene rings is 2. The van der Waals surface area contributed by atoms with E-state index in [0.29, 0.717) is 37.8 Å². The molecule has 3 heterocycles. The van der Waals surface area contributed by atoms with Crippen molar-refractivity contribution in [2.24, 2.45) is 0 Å². The summed E-state index contributed by atoms with van der Waals surface area (Å²) in [5.41, 5.74) is 3.96. The van der Waals surface area contributed by atoms with Crippen LogP contribution in [0.5, 0.6) is 11.6 Å². The van der Waals surface area contributed by atoms with Crippen LogP contribution in [0.4, 0.5) is 14.9 Å². The van der Waals surface area contributed by atoms with Crippen LogP contribution in [0.15, 0.2) is 48.8 Å². The van der Waals surface area contributed by atoms with Gasteiger partial charge in [-0.05, 0) is 43.7 Å². The molecule has 1 unspecified atom stereocenters. The Kier molecular flexibility index (Phi) is 8.87. The second-order valence-corrected chi connectivity index (χ2v) is 10.5. The first-order valence-electron chi connectivity index (χ1n) is 13.1. The van der Waals surface area contributed by atoms with E-state index in [4.69, 9.17) is 19.3 Å². The lowest BCUT2D eigenvalue weighted by molar-refractivity contribution is 0.0939. The zero-order valence-electron chi connectivity index (χ0n) is 23.4. The van der Waals surface area contributed by atoms with Gasteiger partial charge >= 0.3 is 6.09 Å². The number of thiazole rings is 1. The molecule has 14 heteroatoms. The smallest absolute Gasteiger partial charge is 0.411 e. The van der Waals surface area contributed by atoms with Crippen LogP contribution in [0.2, 0.25) is 0 Å². The molecule has 43 heavy (non-hydrogen) atoms. The van der Waals surface area contributed by atoms with Crippen molar-refractivity contribution in [3.05, 3.63) is 65.9 Å². The first-order chi connectivity index (χ1) is 20.7. The lowest BCUT2D eigenvalue weighted by Crippen LogP contribution is -2.27. The van der Waals surface area contributed by atoms with Gasteiger partial charge in [-0.3, -0.25) is 10.1 Å². The number of carbonyl (C=O) groups excluding carboxylic acids is 2. The number of carbonyl (C=O) groups is 2. The molecule has 12 nitrogen and oxygen atoms in total. The molecule has 1 atom stereocenters. The van der Waals surface area contributed by atoms with E-state index in [1.54, 1.807) is 19.2 Å². The highest BCUT2D eigenvalue weighted by atomic mass is 32.1. The maximum Gasteiger partial charge on any atom is 0.411 e. The second kappa shape index (κ2) is 12.9. The first-order valence-corrected chi connectivity index (χ1v) is 13.9. The van der Waals surface area contributed by atoms with E-state index in [-0.39, 0.29) is 31.2 Å². The monoisotopic (exact) mass is 606 g/mol. The van der Waals surface area contributed by atoms with Gasteiger partial charge in [-0.1, -0.05) is 0 Å². The molecule has 0 radical (unpaired) electrons. The summed E-state index contributed by atoms with van der Waals surface area (Å²) in [6.45, 7) is 3.34. The number of methoxy groups -OCH3 is 1. The summed E-state index contributed by atoms with van der Waals surface area (Å²) in [4.78, 5) is 41.7. The average Bonchev–Trinajstić information content (AvgIpc) is 3.41. The predicted octanol–water partition coefficient (Wildman–Crippen LogP) is 4.50. The van der Waals surface area contributed by atoms with Crippen LogP contribution in [0, 0.1) is 12.7 Å². The minimum absolute atomic E-state index is 0.00269. The molecule has 0 saturated carbocycles. The van der Waals surface area contributed by atoms with Crippen molar-refractivity contribution in [3.8, 4) is 22.2 Å². The number of nitrogens with zero attached hydrogens (tertiary/aromatic N) is 4. The number of ether oxygens (including phenoxy) is 3. The molecule has 2 amide bonds. The molecule has 0 aliphatic rings. The number of aryl methyl sites for hydroxylation is 1. The minimum Gasteiger partial charge on any atom is -0.484 e. The number of nitrogens with one attached hydrogen (secondary N) is 2. The lowest BCUT2D eigenvalue weighted by Gasteiger charge is -2.15. The summed E-state index contributed by atoms with van der Waals surface area (Å²) < 4.78 is 31.8. The first kappa shape index (κ1) is 29.5. The number of hydrogen-bond donors (Lipinski definition) is 3. The largest absolute Gasteiger partial charge is 0.484 e. The molecule has 2 aromatic carbocycles. The number of aromatic nitrogens is 4. The maximum atomic E-state index is 15.0. The fraction of sp³-hybridized carbons (Fsp3) is 0.241. The van der Waals surface area contributed by atoms with Gasteiger partial charge in [0, 0.05) is 24.2 Å². The van der Waals surface area contributed by atoms with Gasteiger partial charge in [0.05, 0.1) is 53.0 Å². The average molecular weight is 607 g/mol. The molecule has 5 aromatic rings. The molecule has 0 bridgehead atoms. The highest BCUT2D eigenvalue weighted by Gasteiger charge is 2.18. The number of halogens is 1. The minimum atomic E-state index is -0.774. The molecular formula is C29H27FN6O6S.